The average molecular weight is 273 g/mol. The Kier molecular flexibility index (Phi) is 4.32. The van der Waals surface area contributed by atoms with E-state index in [1.807, 2.05) is 18.2 Å². The van der Waals surface area contributed by atoms with E-state index in [2.05, 4.69) is 0 Å². The van der Waals surface area contributed by atoms with Gasteiger partial charge in [0.15, 0.2) is 5.79 Å². The first kappa shape index (κ1) is 13.5. The van der Waals surface area contributed by atoms with E-state index in [9.17, 15) is 0 Å². The number of rotatable bonds is 5. The maximum atomic E-state index is 5.85. The molecule has 0 saturated carbocycles. The quantitative estimate of drug-likeness (QED) is 0.772. The summed E-state index contributed by atoms with van der Waals surface area (Å²) in [6, 6.07) is 5.57. The second kappa shape index (κ2) is 5.78. The summed E-state index contributed by atoms with van der Waals surface area (Å²) in [5, 5.41) is 0. The van der Waals surface area contributed by atoms with Crippen molar-refractivity contribution in [1.29, 1.82) is 0 Å². The minimum absolute atomic E-state index is 0.454. The Morgan fingerprint density at radius 2 is 1.94 bits per heavy atom. The second-order valence-electron chi connectivity index (χ2n) is 3.96. The topological polar surface area (TPSA) is 36.9 Å². The minimum Gasteiger partial charge on any atom is -0.497 e. The van der Waals surface area contributed by atoms with Gasteiger partial charge in [-0.1, -0.05) is 0 Å². The Bertz CT molecular complexity index is 402. The standard InChI is InChI=1S/C13H17ClO4/c1-15-10-3-4-11(12(9-10)16-2)13(5-6-14)17-7-8-18-13/h3-4,9H,5-8H2,1-2H3. The van der Waals surface area contributed by atoms with E-state index >= 15 is 0 Å². The van der Waals surface area contributed by atoms with E-state index < -0.39 is 5.79 Å². The molecule has 0 bridgehead atoms. The van der Waals surface area contributed by atoms with Crippen molar-refractivity contribution >= 4 is 11.6 Å². The molecule has 0 aromatic heterocycles. The van der Waals surface area contributed by atoms with E-state index in [0.717, 1.165) is 11.3 Å². The predicted molar refractivity (Wildman–Crippen MR) is 68.5 cm³/mol. The number of benzene rings is 1. The molecule has 5 heteroatoms. The Morgan fingerprint density at radius 1 is 1.22 bits per heavy atom. The first-order valence-electron chi connectivity index (χ1n) is 5.82. The van der Waals surface area contributed by atoms with Gasteiger partial charge in [-0.3, -0.25) is 0 Å². The smallest absolute Gasteiger partial charge is 0.199 e. The van der Waals surface area contributed by atoms with Crippen LogP contribution in [0.2, 0.25) is 0 Å². The van der Waals surface area contributed by atoms with Crippen molar-refractivity contribution in [3.63, 3.8) is 0 Å². The summed E-state index contributed by atoms with van der Waals surface area (Å²) in [7, 11) is 3.23. The number of ether oxygens (including phenoxy) is 4. The molecule has 1 heterocycles. The van der Waals surface area contributed by atoms with Crippen LogP contribution in [-0.4, -0.2) is 33.3 Å². The highest BCUT2D eigenvalue weighted by atomic mass is 35.5. The van der Waals surface area contributed by atoms with Gasteiger partial charge in [0.1, 0.15) is 11.5 Å². The number of methoxy groups -OCH3 is 2. The zero-order valence-corrected chi connectivity index (χ0v) is 11.3. The van der Waals surface area contributed by atoms with Crippen LogP contribution in [0.25, 0.3) is 0 Å². The Balaban J connectivity index is 2.40. The van der Waals surface area contributed by atoms with E-state index in [1.165, 1.54) is 0 Å². The van der Waals surface area contributed by atoms with Crippen LogP contribution in [-0.2, 0) is 15.3 Å². The molecule has 1 aliphatic rings. The van der Waals surface area contributed by atoms with Crippen LogP contribution in [0, 0.1) is 0 Å². The highest BCUT2D eigenvalue weighted by Gasteiger charge is 2.40. The van der Waals surface area contributed by atoms with Gasteiger partial charge < -0.3 is 18.9 Å². The molecule has 1 aliphatic heterocycles. The van der Waals surface area contributed by atoms with Crippen LogP contribution in [0.4, 0.5) is 0 Å². The number of hydrogen-bond donors (Lipinski definition) is 0. The summed E-state index contributed by atoms with van der Waals surface area (Å²) in [4.78, 5) is 0. The Labute approximate surface area is 112 Å². The summed E-state index contributed by atoms with van der Waals surface area (Å²) in [6.45, 7) is 1.12. The molecule has 1 aromatic rings. The molecule has 0 N–H and O–H groups in total. The van der Waals surface area contributed by atoms with Crippen LogP contribution >= 0.6 is 11.6 Å². The predicted octanol–water partition coefficient (Wildman–Crippen LogP) is 2.53. The molecule has 0 aliphatic carbocycles. The average Bonchev–Trinajstić information content (AvgIpc) is 2.88. The molecular formula is C13H17ClO4. The molecule has 4 nitrogen and oxygen atoms in total. The van der Waals surface area contributed by atoms with Crippen LogP contribution in [0.15, 0.2) is 18.2 Å². The monoisotopic (exact) mass is 272 g/mol. The van der Waals surface area contributed by atoms with E-state index in [4.69, 9.17) is 30.5 Å². The van der Waals surface area contributed by atoms with Crippen LogP contribution < -0.4 is 9.47 Å². The van der Waals surface area contributed by atoms with Crippen molar-refractivity contribution in [3.05, 3.63) is 23.8 Å². The highest BCUT2D eigenvalue weighted by molar-refractivity contribution is 6.17. The molecular weight excluding hydrogens is 256 g/mol. The van der Waals surface area contributed by atoms with Gasteiger partial charge in [0.25, 0.3) is 0 Å². The van der Waals surface area contributed by atoms with E-state index in [-0.39, 0.29) is 0 Å². The minimum atomic E-state index is -0.792. The lowest BCUT2D eigenvalue weighted by molar-refractivity contribution is -0.167. The lowest BCUT2D eigenvalue weighted by Gasteiger charge is -2.28. The summed E-state index contributed by atoms with van der Waals surface area (Å²) in [6.07, 6.45) is 0.581. The molecule has 0 radical (unpaired) electrons. The van der Waals surface area contributed by atoms with E-state index in [0.29, 0.717) is 31.3 Å². The molecule has 0 atom stereocenters. The third-order valence-corrected chi connectivity index (χ3v) is 3.19. The fourth-order valence-electron chi connectivity index (χ4n) is 2.13. The van der Waals surface area contributed by atoms with Gasteiger partial charge in [-0.2, -0.15) is 0 Å². The summed E-state index contributed by atoms with van der Waals surface area (Å²) >= 11 is 5.85. The lowest BCUT2D eigenvalue weighted by atomic mass is 10.0. The molecule has 1 saturated heterocycles. The first-order chi connectivity index (χ1) is 8.75. The Hall–Kier alpha value is -0.970. The zero-order chi connectivity index (χ0) is 13.0. The second-order valence-corrected chi connectivity index (χ2v) is 4.33. The molecule has 100 valence electrons. The maximum Gasteiger partial charge on any atom is 0.199 e. The first-order valence-corrected chi connectivity index (χ1v) is 6.35. The molecule has 1 aromatic carbocycles. The van der Waals surface area contributed by atoms with Crippen molar-refractivity contribution in [1.82, 2.24) is 0 Å². The maximum absolute atomic E-state index is 5.85. The molecule has 0 unspecified atom stereocenters. The SMILES string of the molecule is COc1ccc(C2(CCCl)OCCO2)c(OC)c1. The van der Waals surface area contributed by atoms with Crippen molar-refractivity contribution in [2.24, 2.45) is 0 Å². The largest absolute Gasteiger partial charge is 0.497 e. The van der Waals surface area contributed by atoms with Gasteiger partial charge in [0, 0.05) is 18.4 Å². The third-order valence-electron chi connectivity index (χ3n) is 3.00. The van der Waals surface area contributed by atoms with Gasteiger partial charge in [-0.15, -0.1) is 11.6 Å². The highest BCUT2D eigenvalue weighted by Crippen LogP contribution is 2.41. The van der Waals surface area contributed by atoms with Gasteiger partial charge in [-0.05, 0) is 12.1 Å². The normalized spacial score (nSPS) is 17.7. The summed E-state index contributed by atoms with van der Waals surface area (Å²) in [5.41, 5.74) is 0.851. The fraction of sp³-hybridized carbons (Fsp3) is 0.538. The van der Waals surface area contributed by atoms with Gasteiger partial charge in [0.05, 0.1) is 33.0 Å². The van der Waals surface area contributed by atoms with Crippen molar-refractivity contribution in [3.8, 4) is 11.5 Å². The summed E-state index contributed by atoms with van der Waals surface area (Å²) in [5.74, 6) is 1.07. The van der Waals surface area contributed by atoms with Crippen LogP contribution in [0.3, 0.4) is 0 Å². The van der Waals surface area contributed by atoms with Crippen molar-refractivity contribution < 1.29 is 18.9 Å². The number of hydrogen-bond acceptors (Lipinski definition) is 4. The molecule has 0 amide bonds. The van der Waals surface area contributed by atoms with Crippen molar-refractivity contribution in [2.45, 2.75) is 12.2 Å². The van der Waals surface area contributed by atoms with Crippen LogP contribution in [0.1, 0.15) is 12.0 Å². The van der Waals surface area contributed by atoms with Crippen LogP contribution in [0.5, 0.6) is 11.5 Å². The molecule has 1 fully saturated rings. The molecule has 2 rings (SSSR count). The van der Waals surface area contributed by atoms with Gasteiger partial charge in [0.2, 0.25) is 0 Å². The fourth-order valence-corrected chi connectivity index (χ4v) is 2.38. The van der Waals surface area contributed by atoms with Crippen molar-refractivity contribution in [2.75, 3.05) is 33.3 Å². The molecule has 18 heavy (non-hydrogen) atoms. The van der Waals surface area contributed by atoms with Gasteiger partial charge in [-0.25, -0.2) is 0 Å². The Morgan fingerprint density at radius 3 is 2.50 bits per heavy atom. The number of alkyl halides is 1. The van der Waals surface area contributed by atoms with E-state index in [1.54, 1.807) is 14.2 Å². The number of halogens is 1. The molecule has 0 spiro atoms. The summed E-state index contributed by atoms with van der Waals surface area (Å²) < 4.78 is 22.1. The zero-order valence-electron chi connectivity index (χ0n) is 10.6. The van der Waals surface area contributed by atoms with Gasteiger partial charge >= 0.3 is 0 Å². The lowest BCUT2D eigenvalue weighted by Crippen LogP contribution is -2.28. The third kappa shape index (κ3) is 2.41.